The molecule has 0 unspecified atom stereocenters. The van der Waals surface area contributed by atoms with Gasteiger partial charge in [-0.15, -0.1) is 0 Å². The van der Waals surface area contributed by atoms with Crippen LogP contribution in [0.25, 0.3) is 0 Å². The van der Waals surface area contributed by atoms with E-state index in [4.69, 9.17) is 9.47 Å². The zero-order valence-corrected chi connectivity index (χ0v) is 10.9. The maximum Gasteiger partial charge on any atom is 0.0718 e. The molecule has 0 aliphatic heterocycles. The van der Waals surface area contributed by atoms with E-state index in [0.29, 0.717) is 19.8 Å². The van der Waals surface area contributed by atoms with Gasteiger partial charge in [0.25, 0.3) is 0 Å². The van der Waals surface area contributed by atoms with E-state index >= 15 is 0 Å². The minimum Gasteiger partial charge on any atom is -0.382 e. The number of hydrogen-bond donors (Lipinski definition) is 1. The summed E-state index contributed by atoms with van der Waals surface area (Å²) in [5, 5.41) is 3.39. The van der Waals surface area contributed by atoms with Crippen LogP contribution in [0.3, 0.4) is 0 Å². The van der Waals surface area contributed by atoms with Gasteiger partial charge in [-0.1, -0.05) is 31.2 Å². The fourth-order valence-corrected chi connectivity index (χ4v) is 1.57. The van der Waals surface area contributed by atoms with Gasteiger partial charge in [0.2, 0.25) is 0 Å². The Balaban J connectivity index is 2.31. The molecule has 1 aromatic carbocycles. The second-order valence-corrected chi connectivity index (χ2v) is 4.04. The van der Waals surface area contributed by atoms with Gasteiger partial charge in [-0.25, -0.2) is 0 Å². The van der Waals surface area contributed by atoms with Crippen LogP contribution in [0.1, 0.15) is 24.5 Å². The zero-order valence-electron chi connectivity index (χ0n) is 10.9. The third kappa shape index (κ3) is 6.41. The van der Waals surface area contributed by atoms with Crippen LogP contribution in [0.2, 0.25) is 0 Å². The van der Waals surface area contributed by atoms with Crippen molar-refractivity contribution in [3.8, 4) is 0 Å². The summed E-state index contributed by atoms with van der Waals surface area (Å²) in [4.78, 5) is 0. The van der Waals surface area contributed by atoms with Gasteiger partial charge in [0.05, 0.1) is 19.8 Å². The molecule has 0 atom stereocenters. The fraction of sp³-hybridized carbons (Fsp3) is 0.571. The number of methoxy groups -OCH3 is 1. The number of hydrogen-bond acceptors (Lipinski definition) is 3. The lowest BCUT2D eigenvalue weighted by atomic mass is 10.1. The third-order valence-corrected chi connectivity index (χ3v) is 2.45. The summed E-state index contributed by atoms with van der Waals surface area (Å²) >= 11 is 0. The Morgan fingerprint density at radius 3 is 2.76 bits per heavy atom. The van der Waals surface area contributed by atoms with Crippen LogP contribution in [-0.4, -0.2) is 26.9 Å². The van der Waals surface area contributed by atoms with E-state index in [-0.39, 0.29) is 0 Å². The first kappa shape index (κ1) is 14.2. The van der Waals surface area contributed by atoms with Gasteiger partial charge in [-0.3, -0.25) is 0 Å². The first-order valence-corrected chi connectivity index (χ1v) is 6.22. The zero-order chi connectivity index (χ0) is 12.3. The largest absolute Gasteiger partial charge is 0.382 e. The van der Waals surface area contributed by atoms with Crippen molar-refractivity contribution in [3.05, 3.63) is 35.4 Å². The summed E-state index contributed by atoms with van der Waals surface area (Å²) in [5.74, 6) is 0. The van der Waals surface area contributed by atoms with E-state index in [1.807, 2.05) is 0 Å². The Morgan fingerprint density at radius 2 is 2.00 bits per heavy atom. The highest BCUT2D eigenvalue weighted by atomic mass is 16.5. The molecule has 0 amide bonds. The van der Waals surface area contributed by atoms with Crippen molar-refractivity contribution in [2.24, 2.45) is 0 Å². The molecule has 0 saturated heterocycles. The molecular formula is C14H23NO2. The molecule has 0 spiro atoms. The Bertz CT molecular complexity index is 302. The van der Waals surface area contributed by atoms with Gasteiger partial charge in [0, 0.05) is 13.7 Å². The van der Waals surface area contributed by atoms with E-state index in [0.717, 1.165) is 13.1 Å². The quantitative estimate of drug-likeness (QED) is 0.669. The summed E-state index contributed by atoms with van der Waals surface area (Å²) < 4.78 is 10.4. The van der Waals surface area contributed by atoms with Crippen molar-refractivity contribution in [1.82, 2.24) is 5.32 Å². The highest BCUT2D eigenvalue weighted by Crippen LogP contribution is 2.06. The molecule has 3 nitrogen and oxygen atoms in total. The van der Waals surface area contributed by atoms with Gasteiger partial charge in [-0.2, -0.15) is 0 Å². The number of rotatable bonds is 9. The summed E-state index contributed by atoms with van der Waals surface area (Å²) in [7, 11) is 1.68. The van der Waals surface area contributed by atoms with Crippen molar-refractivity contribution < 1.29 is 9.47 Å². The summed E-state index contributed by atoms with van der Waals surface area (Å²) in [6, 6.07) is 8.50. The van der Waals surface area contributed by atoms with Gasteiger partial charge < -0.3 is 14.8 Å². The number of nitrogens with one attached hydrogen (secondary N) is 1. The molecular weight excluding hydrogens is 214 g/mol. The maximum absolute atomic E-state index is 5.50. The molecule has 96 valence electrons. The van der Waals surface area contributed by atoms with Crippen molar-refractivity contribution in [3.63, 3.8) is 0 Å². The standard InChI is InChI=1S/C14H23NO2/c1-3-7-15-11-13-5-4-6-14(10-13)12-17-9-8-16-2/h4-6,10,15H,3,7-9,11-12H2,1-2H3. The molecule has 1 N–H and O–H groups in total. The number of ether oxygens (including phenoxy) is 2. The lowest BCUT2D eigenvalue weighted by molar-refractivity contribution is 0.0616. The first-order valence-electron chi connectivity index (χ1n) is 6.22. The lowest BCUT2D eigenvalue weighted by Crippen LogP contribution is -2.13. The van der Waals surface area contributed by atoms with Crippen LogP contribution >= 0.6 is 0 Å². The van der Waals surface area contributed by atoms with E-state index in [9.17, 15) is 0 Å². The average molecular weight is 237 g/mol. The second kappa shape index (κ2) is 9.16. The van der Waals surface area contributed by atoms with Crippen LogP contribution in [0, 0.1) is 0 Å². The second-order valence-electron chi connectivity index (χ2n) is 4.04. The summed E-state index contributed by atoms with van der Waals surface area (Å²) in [6.07, 6.45) is 1.17. The van der Waals surface area contributed by atoms with E-state index in [1.165, 1.54) is 17.5 Å². The molecule has 1 rings (SSSR count). The molecule has 17 heavy (non-hydrogen) atoms. The fourth-order valence-electron chi connectivity index (χ4n) is 1.57. The first-order chi connectivity index (χ1) is 8.36. The van der Waals surface area contributed by atoms with Crippen molar-refractivity contribution >= 4 is 0 Å². The van der Waals surface area contributed by atoms with Gasteiger partial charge in [-0.05, 0) is 24.1 Å². The predicted molar refractivity (Wildman–Crippen MR) is 70.0 cm³/mol. The minimum absolute atomic E-state index is 0.648. The van der Waals surface area contributed by atoms with Crippen LogP contribution in [-0.2, 0) is 22.6 Å². The highest BCUT2D eigenvalue weighted by molar-refractivity contribution is 5.22. The van der Waals surface area contributed by atoms with E-state index in [1.54, 1.807) is 7.11 Å². The summed E-state index contributed by atoms with van der Waals surface area (Å²) in [5.41, 5.74) is 2.53. The van der Waals surface area contributed by atoms with E-state index < -0.39 is 0 Å². The van der Waals surface area contributed by atoms with Crippen molar-refractivity contribution in [2.75, 3.05) is 26.9 Å². The van der Waals surface area contributed by atoms with Gasteiger partial charge in [0.1, 0.15) is 0 Å². The number of benzene rings is 1. The molecule has 0 saturated carbocycles. The molecule has 0 radical (unpaired) electrons. The van der Waals surface area contributed by atoms with Crippen molar-refractivity contribution in [1.29, 1.82) is 0 Å². The van der Waals surface area contributed by atoms with Crippen LogP contribution in [0.5, 0.6) is 0 Å². The topological polar surface area (TPSA) is 30.5 Å². The van der Waals surface area contributed by atoms with Crippen LogP contribution in [0.15, 0.2) is 24.3 Å². The Hall–Kier alpha value is -0.900. The lowest BCUT2D eigenvalue weighted by Gasteiger charge is -2.07. The molecule has 0 fully saturated rings. The Kier molecular flexibility index (Phi) is 7.63. The predicted octanol–water partition coefficient (Wildman–Crippen LogP) is 2.35. The minimum atomic E-state index is 0.648. The highest BCUT2D eigenvalue weighted by Gasteiger charge is 1.96. The maximum atomic E-state index is 5.50. The Labute approximate surface area is 104 Å². The third-order valence-electron chi connectivity index (χ3n) is 2.45. The molecule has 0 bridgehead atoms. The van der Waals surface area contributed by atoms with Crippen LogP contribution < -0.4 is 5.32 Å². The van der Waals surface area contributed by atoms with Crippen molar-refractivity contribution in [2.45, 2.75) is 26.5 Å². The summed E-state index contributed by atoms with van der Waals surface area (Å²) in [6.45, 7) is 6.12. The normalized spacial score (nSPS) is 10.7. The SMILES string of the molecule is CCCNCc1cccc(COCCOC)c1. The monoisotopic (exact) mass is 237 g/mol. The van der Waals surface area contributed by atoms with E-state index in [2.05, 4.69) is 36.5 Å². The molecule has 1 aromatic rings. The molecule has 0 aliphatic carbocycles. The van der Waals surface area contributed by atoms with Crippen LogP contribution in [0.4, 0.5) is 0 Å². The van der Waals surface area contributed by atoms with Gasteiger partial charge in [0.15, 0.2) is 0 Å². The molecule has 0 aromatic heterocycles. The smallest absolute Gasteiger partial charge is 0.0718 e. The molecule has 0 heterocycles. The molecule has 3 heteroatoms. The van der Waals surface area contributed by atoms with Gasteiger partial charge >= 0.3 is 0 Å². The Morgan fingerprint density at radius 1 is 1.18 bits per heavy atom. The molecule has 0 aliphatic rings. The average Bonchev–Trinajstić information content (AvgIpc) is 2.36.